The minimum Gasteiger partial charge on any atom is -0.454 e. The van der Waals surface area contributed by atoms with Crippen molar-refractivity contribution >= 4 is 0 Å². The Labute approximate surface area is 136 Å². The van der Waals surface area contributed by atoms with E-state index in [-0.39, 0.29) is 6.10 Å². The Balaban J connectivity index is 1.52. The van der Waals surface area contributed by atoms with Gasteiger partial charge in [-0.1, -0.05) is 42.5 Å². The Morgan fingerprint density at radius 3 is 2.70 bits per heavy atom. The zero-order valence-corrected chi connectivity index (χ0v) is 13.0. The second-order valence-electron chi connectivity index (χ2n) is 6.13. The van der Waals surface area contributed by atoms with Crippen molar-refractivity contribution < 1.29 is 14.2 Å². The molecule has 4 rings (SSSR count). The van der Waals surface area contributed by atoms with E-state index >= 15 is 0 Å². The fraction of sp³-hybridized carbons (Fsp3) is 0.300. The molecule has 3 nitrogen and oxygen atoms in total. The van der Waals surface area contributed by atoms with E-state index < -0.39 is 0 Å². The molecule has 2 aliphatic heterocycles. The average molecular weight is 308 g/mol. The van der Waals surface area contributed by atoms with Crippen molar-refractivity contribution in [2.24, 2.45) is 11.8 Å². The van der Waals surface area contributed by atoms with Crippen LogP contribution in [0.5, 0.6) is 11.5 Å². The largest absolute Gasteiger partial charge is 0.454 e. The molecule has 0 spiro atoms. The second-order valence-corrected chi connectivity index (χ2v) is 6.13. The van der Waals surface area contributed by atoms with Crippen LogP contribution in [0.15, 0.2) is 61.2 Å². The maximum absolute atomic E-state index is 6.09. The Morgan fingerprint density at radius 2 is 1.87 bits per heavy atom. The summed E-state index contributed by atoms with van der Waals surface area (Å²) in [6.07, 6.45) is 3.10. The van der Waals surface area contributed by atoms with Crippen LogP contribution in [0.2, 0.25) is 0 Å². The third kappa shape index (κ3) is 2.73. The van der Waals surface area contributed by atoms with Gasteiger partial charge in [0, 0.05) is 5.92 Å². The van der Waals surface area contributed by atoms with Crippen molar-refractivity contribution in [3.8, 4) is 11.5 Å². The van der Waals surface area contributed by atoms with Gasteiger partial charge in [0.05, 0.1) is 12.7 Å². The minimum absolute atomic E-state index is 0.104. The van der Waals surface area contributed by atoms with Crippen LogP contribution in [-0.2, 0) is 11.2 Å². The molecule has 0 saturated carbocycles. The molecule has 1 saturated heterocycles. The summed E-state index contributed by atoms with van der Waals surface area (Å²) in [5.74, 6) is 2.43. The van der Waals surface area contributed by atoms with Gasteiger partial charge in [-0.25, -0.2) is 0 Å². The Morgan fingerprint density at radius 1 is 1.04 bits per heavy atom. The van der Waals surface area contributed by atoms with Crippen LogP contribution in [0.1, 0.15) is 17.2 Å². The molecule has 2 heterocycles. The highest BCUT2D eigenvalue weighted by Gasteiger charge is 2.36. The topological polar surface area (TPSA) is 27.7 Å². The molecular weight excluding hydrogens is 288 g/mol. The molecular formula is C20H20O3. The van der Waals surface area contributed by atoms with Gasteiger partial charge in [-0.3, -0.25) is 0 Å². The molecule has 23 heavy (non-hydrogen) atoms. The van der Waals surface area contributed by atoms with Crippen LogP contribution in [0.4, 0.5) is 0 Å². The van der Waals surface area contributed by atoms with Gasteiger partial charge in [0.2, 0.25) is 6.79 Å². The van der Waals surface area contributed by atoms with Crippen molar-refractivity contribution in [2.45, 2.75) is 12.5 Å². The molecule has 0 N–H and O–H groups in total. The van der Waals surface area contributed by atoms with Gasteiger partial charge in [-0.05, 0) is 35.6 Å². The van der Waals surface area contributed by atoms with Gasteiger partial charge < -0.3 is 14.2 Å². The second kappa shape index (κ2) is 6.09. The lowest BCUT2D eigenvalue weighted by molar-refractivity contribution is 0.0977. The Kier molecular flexibility index (Phi) is 3.80. The number of hydrogen-bond donors (Lipinski definition) is 0. The first-order valence-electron chi connectivity index (χ1n) is 8.03. The van der Waals surface area contributed by atoms with Crippen molar-refractivity contribution in [2.75, 3.05) is 13.4 Å². The van der Waals surface area contributed by atoms with Gasteiger partial charge in [-0.2, -0.15) is 0 Å². The summed E-state index contributed by atoms with van der Waals surface area (Å²) in [5, 5.41) is 0. The van der Waals surface area contributed by atoms with Crippen molar-refractivity contribution in [3.05, 3.63) is 72.3 Å². The van der Waals surface area contributed by atoms with E-state index in [0.29, 0.717) is 18.6 Å². The molecule has 2 aromatic carbocycles. The van der Waals surface area contributed by atoms with Gasteiger partial charge in [0.15, 0.2) is 11.5 Å². The molecule has 0 unspecified atom stereocenters. The van der Waals surface area contributed by atoms with Crippen molar-refractivity contribution in [3.63, 3.8) is 0 Å². The molecule has 0 bridgehead atoms. The predicted molar refractivity (Wildman–Crippen MR) is 88.6 cm³/mol. The molecule has 0 radical (unpaired) electrons. The number of rotatable bonds is 4. The van der Waals surface area contributed by atoms with Crippen LogP contribution in [0, 0.1) is 11.8 Å². The van der Waals surface area contributed by atoms with E-state index in [1.165, 1.54) is 11.1 Å². The molecule has 118 valence electrons. The first-order chi connectivity index (χ1) is 11.3. The normalized spacial score (nSPS) is 25.5. The van der Waals surface area contributed by atoms with E-state index in [9.17, 15) is 0 Å². The highest BCUT2D eigenvalue weighted by atomic mass is 16.7. The van der Waals surface area contributed by atoms with Crippen LogP contribution in [0.3, 0.4) is 0 Å². The van der Waals surface area contributed by atoms with Gasteiger partial charge in [-0.15, -0.1) is 6.58 Å². The smallest absolute Gasteiger partial charge is 0.231 e. The third-order valence-electron chi connectivity index (χ3n) is 4.72. The molecule has 1 fully saturated rings. The predicted octanol–water partition coefficient (Wildman–Crippen LogP) is 4.15. The maximum Gasteiger partial charge on any atom is 0.231 e. The number of hydrogen-bond acceptors (Lipinski definition) is 3. The first-order valence-corrected chi connectivity index (χ1v) is 8.03. The maximum atomic E-state index is 6.09. The van der Waals surface area contributed by atoms with E-state index in [1.54, 1.807) is 0 Å². The van der Waals surface area contributed by atoms with Gasteiger partial charge >= 0.3 is 0 Å². The van der Waals surface area contributed by atoms with Crippen LogP contribution >= 0.6 is 0 Å². The summed E-state index contributed by atoms with van der Waals surface area (Å²) in [4.78, 5) is 0. The highest BCUT2D eigenvalue weighted by Crippen LogP contribution is 2.41. The number of benzene rings is 2. The minimum atomic E-state index is 0.104. The number of fused-ring (bicyclic) bond motifs is 1. The van der Waals surface area contributed by atoms with E-state index in [2.05, 4.69) is 43.0 Å². The summed E-state index contributed by atoms with van der Waals surface area (Å²) in [6, 6.07) is 16.6. The lowest BCUT2D eigenvalue weighted by Gasteiger charge is -2.20. The quantitative estimate of drug-likeness (QED) is 0.794. The molecule has 2 aliphatic rings. The average Bonchev–Trinajstić information content (AvgIpc) is 3.21. The van der Waals surface area contributed by atoms with Crippen LogP contribution in [0.25, 0.3) is 0 Å². The SMILES string of the molecule is C=C[C@H]1[C@H](Cc2ccc3c(c2)OCO3)CO[C@H]1c1ccccc1. The first kappa shape index (κ1) is 14.3. The van der Waals surface area contributed by atoms with Gasteiger partial charge in [0.25, 0.3) is 0 Å². The highest BCUT2D eigenvalue weighted by molar-refractivity contribution is 5.44. The van der Waals surface area contributed by atoms with Crippen molar-refractivity contribution in [1.82, 2.24) is 0 Å². The van der Waals surface area contributed by atoms with Crippen LogP contribution in [-0.4, -0.2) is 13.4 Å². The third-order valence-corrected chi connectivity index (χ3v) is 4.72. The summed E-state index contributed by atoms with van der Waals surface area (Å²) in [6.45, 7) is 5.11. The summed E-state index contributed by atoms with van der Waals surface area (Å²) >= 11 is 0. The monoisotopic (exact) mass is 308 g/mol. The Bertz CT molecular complexity index is 695. The van der Waals surface area contributed by atoms with E-state index in [1.807, 2.05) is 18.2 Å². The molecule has 2 aromatic rings. The van der Waals surface area contributed by atoms with Gasteiger partial charge in [0.1, 0.15) is 0 Å². The zero-order valence-electron chi connectivity index (χ0n) is 13.0. The lowest BCUT2D eigenvalue weighted by Crippen LogP contribution is -2.15. The van der Waals surface area contributed by atoms with E-state index in [0.717, 1.165) is 24.5 Å². The fourth-order valence-electron chi connectivity index (χ4n) is 3.54. The van der Waals surface area contributed by atoms with Crippen molar-refractivity contribution in [1.29, 1.82) is 0 Å². The molecule has 3 atom stereocenters. The molecule has 0 aliphatic carbocycles. The number of ether oxygens (including phenoxy) is 3. The van der Waals surface area contributed by atoms with E-state index in [4.69, 9.17) is 14.2 Å². The molecule has 0 aromatic heterocycles. The standard InChI is InChI=1S/C20H20O3/c1-2-17-16(12-21-20(17)15-6-4-3-5-7-15)10-14-8-9-18-19(11-14)23-13-22-18/h2-9,11,16-17,20H,1,10,12-13H2/t16-,17+,20+/m1/s1. The summed E-state index contributed by atoms with van der Waals surface area (Å²) in [7, 11) is 0. The summed E-state index contributed by atoms with van der Waals surface area (Å²) in [5.41, 5.74) is 2.48. The molecule has 0 amide bonds. The Hall–Kier alpha value is -2.26. The molecule has 3 heteroatoms. The van der Waals surface area contributed by atoms with Crippen LogP contribution < -0.4 is 9.47 Å². The lowest BCUT2D eigenvalue weighted by atomic mass is 9.84. The fourth-order valence-corrected chi connectivity index (χ4v) is 3.54. The summed E-state index contributed by atoms with van der Waals surface area (Å²) < 4.78 is 16.9. The zero-order chi connectivity index (χ0) is 15.6.